The molecule has 4 heterocycles. The zero-order valence-electron chi connectivity index (χ0n) is 16.6. The molecule has 3 aromatic rings. The molecule has 2 aliphatic rings. The number of methoxy groups -OCH3 is 1. The number of phosphoric acid groups is 1. The highest BCUT2D eigenvalue weighted by atomic mass is 32.2. The number of rotatable bonds is 4. The Morgan fingerprint density at radius 3 is 2.84 bits per heavy atom. The molecule has 0 bridgehead atoms. The monoisotopic (exact) mass is 465 g/mol. The lowest BCUT2D eigenvalue weighted by atomic mass is 10.1. The van der Waals surface area contributed by atoms with Crippen LogP contribution in [0.2, 0.25) is 0 Å². The minimum absolute atomic E-state index is 0.0902. The van der Waals surface area contributed by atoms with E-state index in [0.717, 1.165) is 10.5 Å². The maximum atomic E-state index is 11.9. The average Bonchev–Trinajstić information content (AvgIpc) is 3.29. The molecule has 0 spiro atoms. The highest BCUT2D eigenvalue weighted by Gasteiger charge is 2.53. The number of ether oxygens (including phenoxy) is 2. The fraction of sp³-hybridized carbons (Fsp3) is 0.389. The molecule has 31 heavy (non-hydrogen) atoms. The van der Waals surface area contributed by atoms with Crippen molar-refractivity contribution in [3.05, 3.63) is 36.2 Å². The van der Waals surface area contributed by atoms with Crippen LogP contribution in [-0.2, 0) is 23.1 Å². The summed E-state index contributed by atoms with van der Waals surface area (Å²) in [5.41, 5.74) is 8.18. The first-order chi connectivity index (χ1) is 14.8. The number of phosphoric ester groups is 1. The lowest BCUT2D eigenvalue weighted by Gasteiger charge is -2.29. The van der Waals surface area contributed by atoms with E-state index in [9.17, 15) is 9.46 Å². The maximum absolute atomic E-state index is 11.9. The van der Waals surface area contributed by atoms with Crippen molar-refractivity contribution in [2.24, 2.45) is 0 Å². The summed E-state index contributed by atoms with van der Waals surface area (Å²) in [5, 5.41) is 0.458. The zero-order chi connectivity index (χ0) is 21.8. The summed E-state index contributed by atoms with van der Waals surface area (Å²) < 4.78 is 35.2. The Bertz CT molecular complexity index is 1170. The molecular weight excluding hydrogens is 445 g/mol. The van der Waals surface area contributed by atoms with Gasteiger partial charge in [0.05, 0.1) is 12.9 Å². The van der Waals surface area contributed by atoms with Gasteiger partial charge in [-0.2, -0.15) is 0 Å². The van der Waals surface area contributed by atoms with Gasteiger partial charge in [-0.1, -0.05) is 17.7 Å². The number of fused-ring (bicyclic) bond motifs is 2. The largest absolute Gasteiger partial charge is 0.472 e. The van der Waals surface area contributed by atoms with Crippen molar-refractivity contribution in [2.45, 2.75) is 41.5 Å². The molecule has 0 aliphatic carbocycles. The number of hydrogen-bond donors (Lipinski definition) is 2. The molecule has 11 nitrogen and oxygen atoms in total. The molecule has 164 valence electrons. The molecule has 2 aromatic heterocycles. The van der Waals surface area contributed by atoms with Crippen LogP contribution in [0.1, 0.15) is 11.8 Å². The van der Waals surface area contributed by atoms with Gasteiger partial charge in [0.1, 0.15) is 23.8 Å². The normalized spacial score (nSPS) is 30.5. The summed E-state index contributed by atoms with van der Waals surface area (Å²) in [7, 11) is -2.67. The highest BCUT2D eigenvalue weighted by Crippen LogP contribution is 2.53. The standard InChI is InChI=1S/C18H20N5O6PS/c1-9-3-5-10(6-4-9)31-18-21-15(19)12-16(22-18)23(8-20-12)17-14(26-2)13-11(28-17)7-27-30(24,25)29-13/h3-6,8,11,13-14,17H,7H2,1-2H3,(H,24,25)(H2,19,21,22). The summed E-state index contributed by atoms with van der Waals surface area (Å²) in [6, 6.07) is 7.98. The van der Waals surface area contributed by atoms with E-state index < -0.39 is 32.4 Å². The lowest BCUT2D eigenvalue weighted by Crippen LogP contribution is -2.40. The topological polar surface area (TPSA) is 144 Å². The molecule has 13 heteroatoms. The van der Waals surface area contributed by atoms with Crippen molar-refractivity contribution in [3.8, 4) is 0 Å². The van der Waals surface area contributed by atoms with Crippen molar-refractivity contribution in [1.29, 1.82) is 0 Å². The van der Waals surface area contributed by atoms with Crippen LogP contribution in [0, 0.1) is 6.92 Å². The summed E-state index contributed by atoms with van der Waals surface area (Å²) in [6.07, 6.45) is -1.22. The fourth-order valence-corrected chi connectivity index (χ4v) is 5.38. The minimum atomic E-state index is -4.15. The van der Waals surface area contributed by atoms with Crippen LogP contribution in [0.15, 0.2) is 40.6 Å². The lowest BCUT2D eigenvalue weighted by molar-refractivity contribution is -0.0667. The minimum Gasteiger partial charge on any atom is -0.382 e. The Morgan fingerprint density at radius 1 is 1.32 bits per heavy atom. The molecule has 5 rings (SSSR count). The van der Waals surface area contributed by atoms with Gasteiger partial charge in [0.15, 0.2) is 22.8 Å². The van der Waals surface area contributed by atoms with Crippen molar-refractivity contribution >= 4 is 36.6 Å². The van der Waals surface area contributed by atoms with Crippen LogP contribution in [-0.4, -0.2) is 56.4 Å². The van der Waals surface area contributed by atoms with Gasteiger partial charge in [-0.25, -0.2) is 19.5 Å². The Hall–Kier alpha value is -2.05. The van der Waals surface area contributed by atoms with Gasteiger partial charge in [0, 0.05) is 12.0 Å². The van der Waals surface area contributed by atoms with E-state index in [1.165, 1.54) is 25.2 Å². The number of nitrogens with two attached hydrogens (primary N) is 1. The van der Waals surface area contributed by atoms with E-state index in [-0.39, 0.29) is 12.4 Å². The molecule has 2 saturated heterocycles. The maximum Gasteiger partial charge on any atom is 0.472 e. The first-order valence-electron chi connectivity index (χ1n) is 9.43. The van der Waals surface area contributed by atoms with Gasteiger partial charge in [-0.3, -0.25) is 13.6 Å². The number of imidazole rings is 1. The number of aryl methyl sites for hydroxylation is 1. The second-order valence-electron chi connectivity index (χ2n) is 7.23. The van der Waals surface area contributed by atoms with Gasteiger partial charge in [0.25, 0.3) is 0 Å². The predicted octanol–water partition coefficient (Wildman–Crippen LogP) is 2.30. The SMILES string of the molecule is COC1C2OP(=O)(O)OCC2OC1n1cnc2c(N)nc(Sc3ccc(C)cc3)nc21. The van der Waals surface area contributed by atoms with Crippen LogP contribution in [0.25, 0.3) is 11.2 Å². The van der Waals surface area contributed by atoms with Crippen LogP contribution in [0.4, 0.5) is 5.82 Å². The van der Waals surface area contributed by atoms with Crippen molar-refractivity contribution in [2.75, 3.05) is 19.5 Å². The molecule has 2 fully saturated rings. The number of hydrogen-bond acceptors (Lipinski definition) is 10. The summed E-state index contributed by atoms with van der Waals surface area (Å²) in [6.45, 7) is 1.93. The molecule has 5 atom stereocenters. The van der Waals surface area contributed by atoms with Crippen LogP contribution >= 0.6 is 19.6 Å². The van der Waals surface area contributed by atoms with Gasteiger partial charge >= 0.3 is 7.82 Å². The van der Waals surface area contributed by atoms with Crippen LogP contribution < -0.4 is 5.73 Å². The van der Waals surface area contributed by atoms with E-state index in [1.54, 1.807) is 4.57 Å². The summed E-state index contributed by atoms with van der Waals surface area (Å²) >= 11 is 1.38. The quantitative estimate of drug-likeness (QED) is 0.432. The molecule has 5 unspecified atom stereocenters. The van der Waals surface area contributed by atoms with Crippen molar-refractivity contribution < 1.29 is 28.0 Å². The fourth-order valence-electron chi connectivity index (χ4n) is 3.66. The van der Waals surface area contributed by atoms with Crippen molar-refractivity contribution in [1.82, 2.24) is 19.5 Å². The van der Waals surface area contributed by atoms with Gasteiger partial charge in [-0.15, -0.1) is 0 Å². The number of nitrogens with zero attached hydrogens (tertiary/aromatic N) is 4. The van der Waals surface area contributed by atoms with Crippen LogP contribution in [0.3, 0.4) is 0 Å². The predicted molar refractivity (Wildman–Crippen MR) is 110 cm³/mol. The number of aromatic nitrogens is 4. The summed E-state index contributed by atoms with van der Waals surface area (Å²) in [4.78, 5) is 24.0. The average molecular weight is 465 g/mol. The zero-order valence-corrected chi connectivity index (χ0v) is 18.3. The van der Waals surface area contributed by atoms with Crippen LogP contribution in [0.5, 0.6) is 0 Å². The second-order valence-corrected chi connectivity index (χ2v) is 9.68. The molecule has 0 radical (unpaired) electrons. The highest BCUT2D eigenvalue weighted by molar-refractivity contribution is 7.99. The number of benzene rings is 1. The second kappa shape index (κ2) is 7.82. The Morgan fingerprint density at radius 2 is 2.10 bits per heavy atom. The van der Waals surface area contributed by atoms with E-state index in [1.807, 2.05) is 31.2 Å². The molecule has 1 aromatic carbocycles. The van der Waals surface area contributed by atoms with E-state index in [4.69, 9.17) is 24.3 Å². The van der Waals surface area contributed by atoms with Gasteiger partial charge < -0.3 is 20.1 Å². The smallest absolute Gasteiger partial charge is 0.382 e. The first-order valence-corrected chi connectivity index (χ1v) is 11.7. The number of anilines is 1. The molecule has 0 amide bonds. The summed E-state index contributed by atoms with van der Waals surface area (Å²) in [5.74, 6) is 0.238. The molecular formula is C18H20N5O6PS. The third-order valence-corrected chi connectivity index (χ3v) is 7.00. The van der Waals surface area contributed by atoms with Gasteiger partial charge in [0.2, 0.25) is 0 Å². The van der Waals surface area contributed by atoms with Gasteiger partial charge in [-0.05, 0) is 30.8 Å². The van der Waals surface area contributed by atoms with E-state index in [2.05, 4.69) is 15.0 Å². The molecule has 2 aliphatic heterocycles. The molecule has 3 N–H and O–H groups in total. The Kier molecular flexibility index (Phi) is 5.25. The number of nitrogen functional groups attached to an aromatic ring is 1. The molecule has 0 saturated carbocycles. The third-order valence-electron chi connectivity index (χ3n) is 5.15. The Balaban J connectivity index is 1.50. The van der Waals surface area contributed by atoms with E-state index in [0.29, 0.717) is 16.3 Å². The van der Waals surface area contributed by atoms with E-state index >= 15 is 0 Å². The van der Waals surface area contributed by atoms with Crippen molar-refractivity contribution in [3.63, 3.8) is 0 Å². The third kappa shape index (κ3) is 3.85. The first kappa shape index (κ1) is 20.8. The Labute approximate surface area is 181 Å².